The number of amides is 2. The highest BCUT2D eigenvalue weighted by molar-refractivity contribution is 5.96. The predicted molar refractivity (Wildman–Crippen MR) is 108 cm³/mol. The molecular formula is C20H25N5O3. The number of aromatic nitrogens is 2. The summed E-state index contributed by atoms with van der Waals surface area (Å²) in [5.41, 5.74) is 14.2. The molecule has 2 aromatic rings. The number of anilines is 2. The molecule has 0 aliphatic heterocycles. The van der Waals surface area contributed by atoms with Gasteiger partial charge in [0.25, 0.3) is 5.91 Å². The zero-order valence-electron chi connectivity index (χ0n) is 16.3. The molecule has 8 nitrogen and oxygen atoms in total. The van der Waals surface area contributed by atoms with Gasteiger partial charge in [-0.25, -0.2) is 14.8 Å². The molecule has 1 aromatic carbocycles. The Morgan fingerprint density at radius 2 is 1.96 bits per heavy atom. The summed E-state index contributed by atoms with van der Waals surface area (Å²) < 4.78 is 4.86. The fraction of sp³-hybridized carbons (Fsp3) is 0.300. The van der Waals surface area contributed by atoms with Crippen LogP contribution in [0.25, 0.3) is 5.57 Å². The summed E-state index contributed by atoms with van der Waals surface area (Å²) in [6, 6.07) is 7.44. The Balaban J connectivity index is 2.38. The minimum Gasteiger partial charge on any atom is -0.449 e. The van der Waals surface area contributed by atoms with Crippen molar-refractivity contribution in [2.24, 2.45) is 11.5 Å². The second-order valence-electron chi connectivity index (χ2n) is 6.50. The fourth-order valence-corrected chi connectivity index (χ4v) is 2.68. The first-order chi connectivity index (χ1) is 13.2. The molecule has 8 heteroatoms. The first kappa shape index (κ1) is 20.9. The summed E-state index contributed by atoms with van der Waals surface area (Å²) in [7, 11) is 0. The maximum atomic E-state index is 11.9. The van der Waals surface area contributed by atoms with Crippen molar-refractivity contribution in [1.82, 2.24) is 9.97 Å². The van der Waals surface area contributed by atoms with E-state index in [4.69, 9.17) is 16.2 Å². The Kier molecular flexibility index (Phi) is 6.70. The number of hydrogen-bond donors (Lipinski definition) is 3. The van der Waals surface area contributed by atoms with Crippen LogP contribution in [-0.2, 0) is 11.2 Å². The standard InChI is InChI=1S/C20H25N5O3/c1-5-15-16(11(2)3)25-19(17(24-15)18(21)26)23-14-8-6-7-13(9-14)12(4)10-28-20(22)27/h6-9,12H,2,5,10H2,1,3-4H3,(H2,21,26)(H2,22,27)(H,23,25). The Labute approximate surface area is 164 Å². The van der Waals surface area contributed by atoms with Crippen molar-refractivity contribution in [2.45, 2.75) is 33.1 Å². The Bertz CT molecular complexity index is 911. The third kappa shape index (κ3) is 5.06. The number of allylic oxidation sites excluding steroid dienone is 1. The van der Waals surface area contributed by atoms with Crippen molar-refractivity contribution in [1.29, 1.82) is 0 Å². The van der Waals surface area contributed by atoms with Gasteiger partial charge in [-0.3, -0.25) is 4.79 Å². The molecule has 148 valence electrons. The van der Waals surface area contributed by atoms with Crippen LogP contribution in [0.1, 0.15) is 54.1 Å². The molecule has 0 spiro atoms. The summed E-state index contributed by atoms with van der Waals surface area (Å²) in [6.45, 7) is 9.76. The van der Waals surface area contributed by atoms with Crippen LogP contribution in [0.2, 0.25) is 0 Å². The van der Waals surface area contributed by atoms with Gasteiger partial charge in [-0.2, -0.15) is 0 Å². The molecule has 2 rings (SSSR count). The molecule has 1 atom stereocenters. The maximum Gasteiger partial charge on any atom is 0.404 e. The number of carbonyl (C=O) groups excluding carboxylic acids is 2. The van der Waals surface area contributed by atoms with Gasteiger partial charge in [-0.1, -0.05) is 32.6 Å². The van der Waals surface area contributed by atoms with Gasteiger partial charge < -0.3 is 21.5 Å². The summed E-state index contributed by atoms with van der Waals surface area (Å²) in [4.78, 5) is 31.6. The number of primary amides is 2. The highest BCUT2D eigenvalue weighted by Gasteiger charge is 2.18. The molecular weight excluding hydrogens is 358 g/mol. The van der Waals surface area contributed by atoms with E-state index < -0.39 is 12.0 Å². The normalized spacial score (nSPS) is 11.5. The van der Waals surface area contributed by atoms with E-state index in [1.165, 1.54) is 0 Å². The second kappa shape index (κ2) is 8.98. The van der Waals surface area contributed by atoms with E-state index in [2.05, 4.69) is 21.9 Å². The van der Waals surface area contributed by atoms with Gasteiger partial charge in [-0.15, -0.1) is 0 Å². The van der Waals surface area contributed by atoms with Crippen LogP contribution in [0.15, 0.2) is 30.8 Å². The van der Waals surface area contributed by atoms with Gasteiger partial charge in [0.2, 0.25) is 0 Å². The SMILES string of the molecule is C=C(C)c1nc(Nc2cccc(C(C)COC(N)=O)c2)c(C(N)=O)nc1CC. The number of nitrogens with two attached hydrogens (primary N) is 2. The summed E-state index contributed by atoms with van der Waals surface area (Å²) in [5, 5.41) is 3.11. The van der Waals surface area contributed by atoms with Gasteiger partial charge in [0.1, 0.15) is 0 Å². The molecule has 0 bridgehead atoms. The Hall–Kier alpha value is -3.42. The lowest BCUT2D eigenvalue weighted by Crippen LogP contribution is -2.19. The van der Waals surface area contributed by atoms with Crippen molar-refractivity contribution in [2.75, 3.05) is 11.9 Å². The van der Waals surface area contributed by atoms with Gasteiger partial charge in [0, 0.05) is 11.6 Å². The van der Waals surface area contributed by atoms with Gasteiger partial charge in [0.15, 0.2) is 11.5 Å². The van der Waals surface area contributed by atoms with Gasteiger partial charge in [-0.05, 0) is 36.6 Å². The molecule has 28 heavy (non-hydrogen) atoms. The van der Waals surface area contributed by atoms with Crippen molar-refractivity contribution in [3.8, 4) is 0 Å². The molecule has 0 saturated carbocycles. The predicted octanol–water partition coefficient (Wildman–Crippen LogP) is 3.11. The smallest absolute Gasteiger partial charge is 0.404 e. The topological polar surface area (TPSA) is 133 Å². The first-order valence-electron chi connectivity index (χ1n) is 8.88. The van der Waals surface area contributed by atoms with Crippen molar-refractivity contribution in [3.63, 3.8) is 0 Å². The first-order valence-corrected chi connectivity index (χ1v) is 8.88. The number of aryl methyl sites for hydroxylation is 1. The molecule has 0 radical (unpaired) electrons. The van der Waals surface area contributed by atoms with Crippen molar-refractivity contribution >= 4 is 29.1 Å². The molecule has 0 aliphatic rings. The molecule has 2 amide bonds. The molecule has 0 fully saturated rings. The van der Waals surface area contributed by atoms with E-state index in [1.54, 1.807) is 0 Å². The number of benzene rings is 1. The average molecular weight is 383 g/mol. The number of carbonyl (C=O) groups is 2. The summed E-state index contributed by atoms with van der Waals surface area (Å²) in [5.74, 6) is -0.470. The monoisotopic (exact) mass is 383 g/mol. The lowest BCUT2D eigenvalue weighted by molar-refractivity contribution is 0.0995. The third-order valence-electron chi connectivity index (χ3n) is 4.13. The van der Waals surface area contributed by atoms with Crippen LogP contribution in [0.5, 0.6) is 0 Å². The number of ether oxygens (including phenoxy) is 1. The third-order valence-corrected chi connectivity index (χ3v) is 4.13. The average Bonchev–Trinajstić information content (AvgIpc) is 2.65. The zero-order chi connectivity index (χ0) is 20.8. The van der Waals surface area contributed by atoms with Crippen molar-refractivity contribution in [3.05, 3.63) is 53.5 Å². The Morgan fingerprint density at radius 3 is 2.54 bits per heavy atom. The highest BCUT2D eigenvalue weighted by Crippen LogP contribution is 2.25. The fourth-order valence-electron chi connectivity index (χ4n) is 2.68. The van der Waals surface area contributed by atoms with Crippen LogP contribution >= 0.6 is 0 Å². The number of nitrogens with zero attached hydrogens (tertiary/aromatic N) is 2. The van der Waals surface area contributed by atoms with Crippen LogP contribution in [-0.4, -0.2) is 28.6 Å². The second-order valence-corrected chi connectivity index (χ2v) is 6.50. The molecule has 0 saturated heterocycles. The van der Waals surface area contributed by atoms with E-state index >= 15 is 0 Å². The molecule has 0 aliphatic carbocycles. The number of nitrogens with one attached hydrogen (secondary N) is 1. The molecule has 1 heterocycles. The van der Waals surface area contributed by atoms with Crippen molar-refractivity contribution < 1.29 is 14.3 Å². The minimum atomic E-state index is -0.814. The molecule has 5 N–H and O–H groups in total. The summed E-state index contributed by atoms with van der Waals surface area (Å²) >= 11 is 0. The largest absolute Gasteiger partial charge is 0.449 e. The number of hydrogen-bond acceptors (Lipinski definition) is 6. The maximum absolute atomic E-state index is 11.9. The molecule has 1 aromatic heterocycles. The minimum absolute atomic E-state index is 0.0654. The van der Waals surface area contributed by atoms with E-state index in [1.807, 2.05) is 45.0 Å². The Morgan fingerprint density at radius 1 is 1.25 bits per heavy atom. The lowest BCUT2D eigenvalue weighted by Gasteiger charge is -2.16. The van der Waals surface area contributed by atoms with E-state index in [0.717, 1.165) is 11.1 Å². The van der Waals surface area contributed by atoms with E-state index in [0.29, 0.717) is 23.5 Å². The molecule has 1 unspecified atom stereocenters. The van der Waals surface area contributed by atoms with Gasteiger partial charge >= 0.3 is 6.09 Å². The van der Waals surface area contributed by atoms with Gasteiger partial charge in [0.05, 0.1) is 18.0 Å². The highest BCUT2D eigenvalue weighted by atomic mass is 16.5. The van der Waals surface area contributed by atoms with Crippen LogP contribution < -0.4 is 16.8 Å². The quantitative estimate of drug-likeness (QED) is 0.641. The number of rotatable bonds is 8. The van der Waals surface area contributed by atoms with Crippen LogP contribution in [0.4, 0.5) is 16.3 Å². The summed E-state index contributed by atoms with van der Waals surface area (Å²) in [6.07, 6.45) is -0.214. The zero-order valence-corrected chi connectivity index (χ0v) is 16.3. The van der Waals surface area contributed by atoms with E-state index in [-0.39, 0.29) is 24.0 Å². The van der Waals surface area contributed by atoms with Crippen LogP contribution in [0, 0.1) is 0 Å². The van der Waals surface area contributed by atoms with E-state index in [9.17, 15) is 9.59 Å². The van der Waals surface area contributed by atoms with Crippen LogP contribution in [0.3, 0.4) is 0 Å². The lowest BCUT2D eigenvalue weighted by atomic mass is 10.0.